The molecule has 3 N–H and O–H groups in total. The van der Waals surface area contributed by atoms with E-state index in [0.717, 1.165) is 12.8 Å². The van der Waals surface area contributed by atoms with Gasteiger partial charge in [0.15, 0.2) is 5.03 Å². The summed E-state index contributed by atoms with van der Waals surface area (Å²) in [6.45, 7) is -0.488. The van der Waals surface area contributed by atoms with Gasteiger partial charge in [0.2, 0.25) is 0 Å². The van der Waals surface area contributed by atoms with Crippen molar-refractivity contribution in [1.29, 1.82) is 0 Å². The first-order valence-corrected chi connectivity index (χ1v) is 8.08. The quantitative estimate of drug-likeness (QED) is 0.535. The summed E-state index contributed by atoms with van der Waals surface area (Å²) in [7, 11) is -3.75. The van der Waals surface area contributed by atoms with Gasteiger partial charge >= 0.3 is 0 Å². The van der Waals surface area contributed by atoms with Gasteiger partial charge in [-0.05, 0) is 12.8 Å². The van der Waals surface area contributed by atoms with Gasteiger partial charge in [0, 0.05) is 24.7 Å². The number of alkyl halides is 2. The third-order valence-corrected chi connectivity index (χ3v) is 4.36. The fourth-order valence-corrected chi connectivity index (χ4v) is 2.83. The molecule has 0 spiro atoms. The largest absolute Gasteiger partial charge is 0.374 e. The molecule has 0 saturated heterocycles. The molecule has 0 radical (unpaired) electrons. The molecule has 10 heteroatoms. The molecule has 0 unspecified atom stereocenters. The number of halogens is 2. The van der Waals surface area contributed by atoms with Crippen molar-refractivity contribution >= 4 is 10.0 Å². The number of hydrogen-bond acceptors (Lipinski definition) is 5. The average molecular weight is 324 g/mol. The van der Waals surface area contributed by atoms with Crippen LogP contribution < -0.4 is 10.0 Å². The van der Waals surface area contributed by atoms with E-state index in [1.54, 1.807) is 0 Å². The molecule has 0 amide bonds. The molecular weight excluding hydrogens is 306 g/mol. The minimum absolute atomic E-state index is 0.00971. The van der Waals surface area contributed by atoms with Crippen molar-refractivity contribution in [3.05, 3.63) is 11.8 Å². The van der Waals surface area contributed by atoms with Gasteiger partial charge in [-0.25, -0.2) is 21.9 Å². The third kappa shape index (κ3) is 5.30. The van der Waals surface area contributed by atoms with Gasteiger partial charge in [-0.3, -0.25) is 5.10 Å². The fourth-order valence-electron chi connectivity index (χ4n) is 1.69. The van der Waals surface area contributed by atoms with Crippen LogP contribution in [0.5, 0.6) is 0 Å². The van der Waals surface area contributed by atoms with E-state index in [0.29, 0.717) is 18.2 Å². The van der Waals surface area contributed by atoms with Gasteiger partial charge in [0.25, 0.3) is 16.4 Å². The lowest BCUT2D eigenvalue weighted by Gasteiger charge is -2.08. The zero-order valence-electron chi connectivity index (χ0n) is 11.3. The van der Waals surface area contributed by atoms with Gasteiger partial charge in [0.1, 0.15) is 6.61 Å². The molecule has 7 nitrogen and oxygen atoms in total. The number of aromatic nitrogens is 2. The Balaban J connectivity index is 1.82. The second kappa shape index (κ2) is 7.25. The molecule has 1 saturated carbocycles. The van der Waals surface area contributed by atoms with E-state index in [1.165, 1.54) is 6.20 Å². The van der Waals surface area contributed by atoms with Crippen molar-refractivity contribution in [3.8, 4) is 0 Å². The van der Waals surface area contributed by atoms with E-state index in [-0.39, 0.29) is 18.2 Å². The van der Waals surface area contributed by atoms with Crippen LogP contribution in [0.25, 0.3) is 0 Å². The molecule has 1 aliphatic carbocycles. The van der Waals surface area contributed by atoms with Crippen LogP contribution in [0, 0.1) is 0 Å². The van der Waals surface area contributed by atoms with Crippen molar-refractivity contribution in [1.82, 2.24) is 20.2 Å². The van der Waals surface area contributed by atoms with Crippen LogP contribution in [0.4, 0.5) is 8.78 Å². The first-order chi connectivity index (χ1) is 9.99. The van der Waals surface area contributed by atoms with Gasteiger partial charge in [-0.1, -0.05) is 0 Å². The Morgan fingerprint density at radius 3 is 2.90 bits per heavy atom. The summed E-state index contributed by atoms with van der Waals surface area (Å²) in [5.41, 5.74) is 0.544. The molecule has 2 rings (SSSR count). The molecule has 0 bridgehead atoms. The smallest absolute Gasteiger partial charge is 0.261 e. The summed E-state index contributed by atoms with van der Waals surface area (Å²) in [5, 5.41) is 9.38. The maximum Gasteiger partial charge on any atom is 0.261 e. The van der Waals surface area contributed by atoms with Crippen molar-refractivity contribution in [2.45, 2.75) is 36.9 Å². The minimum atomic E-state index is -3.75. The normalized spacial score (nSPS) is 15.8. The Bertz CT molecular complexity index is 545. The van der Waals surface area contributed by atoms with Gasteiger partial charge in [-0.15, -0.1) is 0 Å². The Kier molecular flexibility index (Phi) is 5.62. The standard InChI is InChI=1S/C11H18F2N4O3S/c12-10(13)7-20-4-3-16-21(18,19)11-8(6-15-17-11)5-14-9-1-2-9/h6,9-10,14,16H,1-5,7H2,(H,15,17). The Morgan fingerprint density at radius 1 is 1.48 bits per heavy atom. The molecule has 0 atom stereocenters. The van der Waals surface area contributed by atoms with E-state index in [4.69, 9.17) is 0 Å². The molecule has 120 valence electrons. The maximum atomic E-state index is 12.1. The van der Waals surface area contributed by atoms with Crippen LogP contribution in [0.1, 0.15) is 18.4 Å². The Hall–Kier alpha value is -1.10. The van der Waals surface area contributed by atoms with E-state index >= 15 is 0 Å². The van der Waals surface area contributed by atoms with E-state index in [1.807, 2.05) is 0 Å². The summed E-state index contributed by atoms with van der Waals surface area (Å²) < 4.78 is 54.7. The van der Waals surface area contributed by atoms with Gasteiger partial charge in [-0.2, -0.15) is 5.10 Å². The van der Waals surface area contributed by atoms with Crippen molar-refractivity contribution in [3.63, 3.8) is 0 Å². The monoisotopic (exact) mass is 324 g/mol. The summed E-state index contributed by atoms with van der Waals surface area (Å²) >= 11 is 0. The molecule has 1 heterocycles. The molecular formula is C11H18F2N4O3S. The van der Waals surface area contributed by atoms with Gasteiger partial charge < -0.3 is 10.1 Å². The average Bonchev–Trinajstić information content (AvgIpc) is 3.11. The zero-order valence-corrected chi connectivity index (χ0v) is 12.1. The number of rotatable bonds is 10. The fraction of sp³-hybridized carbons (Fsp3) is 0.727. The second-order valence-electron chi connectivity index (χ2n) is 4.74. The first-order valence-electron chi connectivity index (χ1n) is 6.60. The number of ether oxygens (including phenoxy) is 1. The maximum absolute atomic E-state index is 12.1. The zero-order chi connectivity index (χ0) is 15.3. The molecule has 1 aromatic rings. The second-order valence-corrected chi connectivity index (χ2v) is 6.45. The molecule has 0 aliphatic heterocycles. The lowest BCUT2D eigenvalue weighted by molar-refractivity contribution is 0.0199. The summed E-state index contributed by atoms with van der Waals surface area (Å²) in [6.07, 6.45) is 1.09. The SMILES string of the molecule is O=S(=O)(NCCOCC(F)F)c1[nH]ncc1CNC1CC1. The van der Waals surface area contributed by atoms with E-state index in [2.05, 4.69) is 25.0 Å². The molecule has 1 aliphatic rings. The van der Waals surface area contributed by atoms with Crippen LogP contribution in [0.3, 0.4) is 0 Å². The number of nitrogens with zero attached hydrogens (tertiary/aromatic N) is 1. The number of nitrogens with one attached hydrogen (secondary N) is 3. The van der Waals surface area contributed by atoms with Crippen LogP contribution in [-0.2, 0) is 21.3 Å². The summed E-state index contributed by atoms with van der Waals surface area (Å²) in [4.78, 5) is 0. The Labute approximate surface area is 121 Å². The highest BCUT2D eigenvalue weighted by Gasteiger charge is 2.24. The van der Waals surface area contributed by atoms with E-state index < -0.39 is 23.1 Å². The lowest BCUT2D eigenvalue weighted by atomic mass is 10.3. The Morgan fingerprint density at radius 2 is 2.24 bits per heavy atom. The number of H-pyrrole nitrogens is 1. The van der Waals surface area contributed by atoms with Crippen LogP contribution >= 0.6 is 0 Å². The highest BCUT2D eigenvalue weighted by atomic mass is 32.2. The number of hydrogen-bond donors (Lipinski definition) is 3. The van der Waals surface area contributed by atoms with Crippen LogP contribution in [0.2, 0.25) is 0 Å². The summed E-state index contributed by atoms with van der Waals surface area (Å²) in [6, 6.07) is 0.450. The van der Waals surface area contributed by atoms with Crippen LogP contribution in [0.15, 0.2) is 11.2 Å². The van der Waals surface area contributed by atoms with E-state index in [9.17, 15) is 17.2 Å². The predicted molar refractivity (Wildman–Crippen MR) is 70.5 cm³/mol. The molecule has 1 aromatic heterocycles. The number of aromatic amines is 1. The first kappa shape index (κ1) is 16.3. The number of sulfonamides is 1. The summed E-state index contributed by atoms with van der Waals surface area (Å²) in [5.74, 6) is 0. The van der Waals surface area contributed by atoms with Crippen molar-refractivity contribution in [2.24, 2.45) is 0 Å². The highest BCUT2D eigenvalue weighted by molar-refractivity contribution is 7.89. The lowest BCUT2D eigenvalue weighted by Crippen LogP contribution is -2.29. The van der Waals surface area contributed by atoms with Crippen molar-refractivity contribution < 1.29 is 21.9 Å². The van der Waals surface area contributed by atoms with Crippen molar-refractivity contribution in [2.75, 3.05) is 19.8 Å². The molecule has 21 heavy (non-hydrogen) atoms. The highest BCUT2D eigenvalue weighted by Crippen LogP contribution is 2.20. The van der Waals surface area contributed by atoms with Gasteiger partial charge in [0.05, 0.1) is 12.8 Å². The topological polar surface area (TPSA) is 96.1 Å². The minimum Gasteiger partial charge on any atom is -0.374 e. The molecule has 1 fully saturated rings. The van der Waals surface area contributed by atoms with Crippen LogP contribution in [-0.4, -0.2) is 50.8 Å². The third-order valence-electron chi connectivity index (χ3n) is 2.89. The molecule has 0 aromatic carbocycles. The predicted octanol–water partition coefficient (Wildman–Crippen LogP) is 0.222.